The Labute approximate surface area is 92.1 Å². The summed E-state index contributed by atoms with van der Waals surface area (Å²) in [6.07, 6.45) is 3.74. The number of allylic oxidation sites excluding steroid dienone is 1. The number of rotatable bonds is 5. The molecule has 0 saturated heterocycles. The Morgan fingerprint density at radius 1 is 1.13 bits per heavy atom. The van der Waals surface area contributed by atoms with Crippen LogP contribution in [0.1, 0.15) is 25.3 Å². The summed E-state index contributed by atoms with van der Waals surface area (Å²) in [6, 6.07) is 8.04. The molecule has 0 aliphatic heterocycles. The van der Waals surface area contributed by atoms with Crippen molar-refractivity contribution in [3.63, 3.8) is 0 Å². The van der Waals surface area contributed by atoms with Crippen LogP contribution in [0.4, 0.5) is 0 Å². The molecular formula is C14H18O. The first-order chi connectivity index (χ1) is 7.19. The summed E-state index contributed by atoms with van der Waals surface area (Å²) in [7, 11) is 0. The second kappa shape index (κ2) is 5.40. The molecule has 0 aliphatic rings. The van der Waals surface area contributed by atoms with Gasteiger partial charge in [-0.2, -0.15) is 0 Å². The Kier molecular flexibility index (Phi) is 4.17. The molecule has 0 heterocycles. The minimum absolute atomic E-state index is 0.0307. The topological polar surface area (TPSA) is 9.23 Å². The number of hydrogen-bond donors (Lipinski definition) is 0. The van der Waals surface area contributed by atoms with Crippen molar-refractivity contribution in [1.82, 2.24) is 0 Å². The normalized spacial score (nSPS) is 14.0. The van der Waals surface area contributed by atoms with Crippen molar-refractivity contribution >= 4 is 0 Å². The summed E-state index contributed by atoms with van der Waals surface area (Å²) >= 11 is 0. The van der Waals surface area contributed by atoms with Crippen molar-refractivity contribution in [2.45, 2.75) is 25.9 Å². The van der Waals surface area contributed by atoms with Crippen molar-refractivity contribution in [2.75, 3.05) is 0 Å². The lowest BCUT2D eigenvalue weighted by molar-refractivity contribution is 0.267. The quantitative estimate of drug-likeness (QED) is 0.657. The third kappa shape index (κ3) is 2.98. The predicted octanol–water partition coefficient (Wildman–Crippen LogP) is 3.93. The molecule has 1 nitrogen and oxygen atoms in total. The third-order valence-electron chi connectivity index (χ3n) is 2.41. The van der Waals surface area contributed by atoms with Crippen molar-refractivity contribution < 1.29 is 4.74 Å². The molecule has 1 aromatic carbocycles. The highest BCUT2D eigenvalue weighted by molar-refractivity contribution is 5.38. The van der Waals surface area contributed by atoms with E-state index < -0.39 is 0 Å². The highest BCUT2D eigenvalue weighted by Crippen LogP contribution is 2.27. The van der Waals surface area contributed by atoms with Crippen molar-refractivity contribution in [3.8, 4) is 5.75 Å². The van der Waals surface area contributed by atoms with E-state index >= 15 is 0 Å². The Balaban J connectivity index is 2.95. The van der Waals surface area contributed by atoms with Crippen molar-refractivity contribution in [2.24, 2.45) is 0 Å². The lowest BCUT2D eigenvalue weighted by Crippen LogP contribution is -2.09. The maximum absolute atomic E-state index is 5.75. The maximum atomic E-state index is 5.75. The molecule has 0 fully saturated rings. The second-order valence-electron chi connectivity index (χ2n) is 3.62. The van der Waals surface area contributed by atoms with Crippen LogP contribution >= 0.6 is 0 Å². The molecular weight excluding hydrogens is 184 g/mol. The SMILES string of the molecule is C=CC(C)Oc1ccccc1C(C)C=C. The molecule has 2 atom stereocenters. The molecule has 0 aromatic heterocycles. The number of ether oxygens (including phenoxy) is 1. The number of para-hydroxylation sites is 1. The van der Waals surface area contributed by atoms with Gasteiger partial charge in [0.05, 0.1) is 0 Å². The molecule has 15 heavy (non-hydrogen) atoms. The molecule has 0 N–H and O–H groups in total. The van der Waals surface area contributed by atoms with Gasteiger partial charge in [-0.25, -0.2) is 0 Å². The first-order valence-corrected chi connectivity index (χ1v) is 5.19. The molecule has 0 aliphatic carbocycles. The monoisotopic (exact) mass is 202 g/mol. The fourth-order valence-electron chi connectivity index (χ4n) is 1.34. The van der Waals surface area contributed by atoms with Gasteiger partial charge in [-0.05, 0) is 13.0 Å². The van der Waals surface area contributed by atoms with Crippen molar-refractivity contribution in [3.05, 3.63) is 55.1 Å². The van der Waals surface area contributed by atoms with Crippen LogP contribution in [-0.4, -0.2) is 6.10 Å². The molecule has 2 unspecified atom stereocenters. The second-order valence-corrected chi connectivity index (χ2v) is 3.62. The summed E-state index contributed by atoms with van der Waals surface area (Å²) < 4.78 is 5.75. The number of hydrogen-bond acceptors (Lipinski definition) is 1. The highest BCUT2D eigenvalue weighted by atomic mass is 16.5. The van der Waals surface area contributed by atoms with Gasteiger partial charge in [-0.15, -0.1) is 6.58 Å². The van der Waals surface area contributed by atoms with Crippen LogP contribution in [0.25, 0.3) is 0 Å². The smallest absolute Gasteiger partial charge is 0.123 e. The fourth-order valence-corrected chi connectivity index (χ4v) is 1.34. The van der Waals surface area contributed by atoms with E-state index in [2.05, 4.69) is 26.1 Å². The van der Waals surface area contributed by atoms with Crippen LogP contribution in [0.5, 0.6) is 5.75 Å². The van der Waals surface area contributed by atoms with E-state index in [1.807, 2.05) is 31.2 Å². The van der Waals surface area contributed by atoms with Gasteiger partial charge in [-0.3, -0.25) is 0 Å². The standard InChI is InChI=1S/C14H18O/c1-5-11(3)13-9-7-8-10-14(13)15-12(4)6-2/h5-12H,1-2H2,3-4H3. The first-order valence-electron chi connectivity index (χ1n) is 5.19. The van der Waals surface area contributed by atoms with E-state index in [-0.39, 0.29) is 6.10 Å². The predicted molar refractivity (Wildman–Crippen MR) is 65.3 cm³/mol. The minimum atomic E-state index is 0.0307. The largest absolute Gasteiger partial charge is 0.486 e. The van der Waals surface area contributed by atoms with Crippen LogP contribution < -0.4 is 4.74 Å². The summed E-state index contributed by atoms with van der Waals surface area (Å²) in [4.78, 5) is 0. The number of benzene rings is 1. The summed E-state index contributed by atoms with van der Waals surface area (Å²) in [6.45, 7) is 11.6. The van der Waals surface area contributed by atoms with Crippen LogP contribution in [0.2, 0.25) is 0 Å². The highest BCUT2D eigenvalue weighted by Gasteiger charge is 2.09. The fraction of sp³-hybridized carbons (Fsp3) is 0.286. The van der Waals surface area contributed by atoms with E-state index in [0.29, 0.717) is 5.92 Å². The molecule has 0 spiro atoms. The van der Waals surface area contributed by atoms with Gasteiger partial charge < -0.3 is 4.74 Å². The Hall–Kier alpha value is -1.50. The molecule has 0 radical (unpaired) electrons. The molecule has 0 saturated carbocycles. The molecule has 1 aromatic rings. The van der Waals surface area contributed by atoms with Crippen LogP contribution in [0, 0.1) is 0 Å². The molecule has 1 rings (SSSR count). The molecule has 80 valence electrons. The zero-order chi connectivity index (χ0) is 11.3. The zero-order valence-corrected chi connectivity index (χ0v) is 9.44. The lowest BCUT2D eigenvalue weighted by atomic mass is 10.0. The summed E-state index contributed by atoms with van der Waals surface area (Å²) in [5.74, 6) is 1.22. The average Bonchev–Trinajstić information content (AvgIpc) is 2.28. The minimum Gasteiger partial charge on any atom is -0.486 e. The lowest BCUT2D eigenvalue weighted by Gasteiger charge is -2.16. The van der Waals surface area contributed by atoms with Crippen LogP contribution in [0.15, 0.2) is 49.6 Å². The average molecular weight is 202 g/mol. The van der Waals surface area contributed by atoms with E-state index in [4.69, 9.17) is 4.74 Å². The maximum Gasteiger partial charge on any atom is 0.123 e. The summed E-state index contributed by atoms with van der Waals surface area (Å²) in [5.41, 5.74) is 1.17. The third-order valence-corrected chi connectivity index (χ3v) is 2.41. The van der Waals surface area contributed by atoms with E-state index in [0.717, 1.165) is 5.75 Å². The van der Waals surface area contributed by atoms with Crippen LogP contribution in [0.3, 0.4) is 0 Å². The van der Waals surface area contributed by atoms with Gasteiger partial charge in [-0.1, -0.05) is 43.9 Å². The Bertz CT molecular complexity index is 341. The molecule has 0 amide bonds. The van der Waals surface area contributed by atoms with Gasteiger partial charge in [0.25, 0.3) is 0 Å². The Morgan fingerprint density at radius 2 is 1.80 bits per heavy atom. The van der Waals surface area contributed by atoms with Crippen molar-refractivity contribution in [1.29, 1.82) is 0 Å². The molecule has 0 bridgehead atoms. The summed E-state index contributed by atoms with van der Waals surface area (Å²) in [5, 5.41) is 0. The molecule has 1 heteroatoms. The van der Waals surface area contributed by atoms with E-state index in [1.165, 1.54) is 5.56 Å². The first kappa shape index (κ1) is 11.6. The van der Waals surface area contributed by atoms with E-state index in [1.54, 1.807) is 6.08 Å². The van der Waals surface area contributed by atoms with Crippen LogP contribution in [-0.2, 0) is 0 Å². The Morgan fingerprint density at radius 3 is 2.40 bits per heavy atom. The van der Waals surface area contributed by atoms with Gasteiger partial charge >= 0.3 is 0 Å². The van der Waals surface area contributed by atoms with E-state index in [9.17, 15) is 0 Å². The van der Waals surface area contributed by atoms with Gasteiger partial charge in [0.2, 0.25) is 0 Å². The van der Waals surface area contributed by atoms with Gasteiger partial charge in [0.1, 0.15) is 11.9 Å². The zero-order valence-electron chi connectivity index (χ0n) is 9.44. The van der Waals surface area contributed by atoms with Gasteiger partial charge in [0.15, 0.2) is 0 Å². The van der Waals surface area contributed by atoms with Gasteiger partial charge in [0, 0.05) is 11.5 Å².